The molecule has 0 bridgehead atoms. The van der Waals surface area contributed by atoms with Crippen molar-refractivity contribution in [1.29, 1.82) is 5.26 Å². The minimum absolute atomic E-state index is 0.157. The molecule has 8 heavy (non-hydrogen) atoms. The van der Waals surface area contributed by atoms with Crippen LogP contribution in [0, 0.1) is 11.3 Å². The number of nitrogens with zero attached hydrogens (tertiary/aromatic N) is 2. The number of nitriles is 1. The van der Waals surface area contributed by atoms with Crippen LogP contribution in [0.1, 0.15) is 9.81 Å². The van der Waals surface area contributed by atoms with Gasteiger partial charge in [-0.15, -0.1) is 0 Å². The molecule has 0 saturated carbocycles. The van der Waals surface area contributed by atoms with Crippen LogP contribution in [0.2, 0.25) is 0 Å². The van der Waals surface area contributed by atoms with Gasteiger partial charge in [0.1, 0.15) is 11.8 Å². The van der Waals surface area contributed by atoms with Gasteiger partial charge in [0.05, 0.1) is 0 Å². The first-order chi connectivity index (χ1) is 5.05. The van der Waals surface area contributed by atoms with Crippen LogP contribution in [0.25, 0.3) is 0 Å². The summed E-state index contributed by atoms with van der Waals surface area (Å²) < 4.78 is 21.9. The quantitative estimate of drug-likeness (QED) is 0.486. The molecule has 0 saturated heterocycles. The van der Waals surface area contributed by atoms with Gasteiger partial charge in [-0.1, -0.05) is 0 Å². The van der Waals surface area contributed by atoms with Crippen LogP contribution in [0.3, 0.4) is 0 Å². The lowest BCUT2D eigenvalue weighted by molar-refractivity contribution is 0.908. The molecule has 0 aliphatic carbocycles. The third-order valence-electron chi connectivity index (χ3n) is 0.863. The van der Waals surface area contributed by atoms with E-state index in [-0.39, 0.29) is 5.69 Å². The second kappa shape index (κ2) is 1.71. The van der Waals surface area contributed by atoms with Crippen molar-refractivity contribution < 1.29 is 4.11 Å². The van der Waals surface area contributed by atoms with E-state index in [1.165, 1.54) is 18.3 Å². The Labute approximate surface area is 52.2 Å². The van der Waals surface area contributed by atoms with Gasteiger partial charge < -0.3 is 4.57 Å². The van der Waals surface area contributed by atoms with E-state index >= 15 is 0 Å². The highest BCUT2D eigenvalue weighted by Gasteiger charge is 1.88. The molecule has 2 heteroatoms. The second-order valence-electron chi connectivity index (χ2n) is 1.38. The molecule has 40 valence electrons. The maximum atomic E-state index is 8.45. The van der Waals surface area contributed by atoms with Crippen LogP contribution < -0.4 is 0 Å². The summed E-state index contributed by atoms with van der Waals surface area (Å²) in [5.74, 6) is 0. The zero-order valence-corrected chi connectivity index (χ0v) is 4.13. The van der Waals surface area contributed by atoms with Gasteiger partial charge in [-0.2, -0.15) is 5.26 Å². The van der Waals surface area contributed by atoms with E-state index in [2.05, 4.69) is 0 Å². The average Bonchev–Trinajstić information content (AvgIpc) is 2.31. The maximum Gasteiger partial charge on any atom is 0.119 e. The molecule has 0 aromatic carbocycles. The molecule has 0 aliphatic rings. The normalized spacial score (nSPS) is 15.6. The first kappa shape index (κ1) is 2.36. The lowest BCUT2D eigenvalue weighted by atomic mass is 10.5. The summed E-state index contributed by atoms with van der Waals surface area (Å²) in [4.78, 5) is 0. The van der Waals surface area contributed by atoms with Gasteiger partial charge in [0, 0.05) is 17.3 Å². The van der Waals surface area contributed by atoms with E-state index in [0.717, 1.165) is 4.57 Å². The van der Waals surface area contributed by atoms with Crippen molar-refractivity contribution in [1.82, 2.24) is 4.57 Å². The third-order valence-corrected chi connectivity index (χ3v) is 0.863. The minimum atomic E-state index is -2.24. The number of aryl methyl sites for hydroxylation is 1. The SMILES string of the molecule is [2H]C([2H])([2H])n1cccc1C#N. The summed E-state index contributed by atoms with van der Waals surface area (Å²) in [7, 11) is 0. The lowest BCUT2D eigenvalue weighted by Gasteiger charge is -1.86. The Bertz CT molecular complexity index is 292. The zero-order chi connectivity index (χ0) is 8.48. The van der Waals surface area contributed by atoms with Crippen molar-refractivity contribution in [3.63, 3.8) is 0 Å². The van der Waals surface area contributed by atoms with E-state index in [0.29, 0.717) is 0 Å². The van der Waals surface area contributed by atoms with E-state index in [1.807, 2.05) is 0 Å². The predicted octanol–water partition coefficient (Wildman–Crippen LogP) is 0.897. The highest BCUT2D eigenvalue weighted by molar-refractivity contribution is 5.21. The van der Waals surface area contributed by atoms with Crippen LogP contribution in [0.4, 0.5) is 0 Å². The molecule has 0 N–H and O–H groups in total. The Morgan fingerprint density at radius 3 is 3.38 bits per heavy atom. The molecule has 0 unspecified atom stereocenters. The Balaban J connectivity index is 3.15. The van der Waals surface area contributed by atoms with E-state index in [1.54, 1.807) is 6.07 Å². The summed E-state index contributed by atoms with van der Waals surface area (Å²) in [5.41, 5.74) is 0.157. The Hall–Kier alpha value is -1.23. The van der Waals surface area contributed by atoms with Crippen molar-refractivity contribution >= 4 is 0 Å². The number of hydrogen-bond acceptors (Lipinski definition) is 1. The molecule has 0 amide bonds. The molecular weight excluding hydrogens is 100 g/mol. The van der Waals surface area contributed by atoms with Crippen molar-refractivity contribution in [2.45, 2.75) is 0 Å². The molecule has 0 atom stereocenters. The zero-order valence-electron chi connectivity index (χ0n) is 7.13. The van der Waals surface area contributed by atoms with Gasteiger partial charge in [0.15, 0.2) is 0 Å². The van der Waals surface area contributed by atoms with Crippen molar-refractivity contribution in [3.8, 4) is 6.07 Å². The highest BCUT2D eigenvalue weighted by Crippen LogP contribution is 1.94. The summed E-state index contributed by atoms with van der Waals surface area (Å²) in [6.45, 7) is -2.24. The van der Waals surface area contributed by atoms with E-state index in [9.17, 15) is 0 Å². The fourth-order valence-electron chi connectivity index (χ4n) is 0.472. The topological polar surface area (TPSA) is 28.7 Å². The van der Waals surface area contributed by atoms with Crippen molar-refractivity contribution in [2.75, 3.05) is 0 Å². The largest absolute Gasteiger partial charge is 0.343 e. The summed E-state index contributed by atoms with van der Waals surface area (Å²) >= 11 is 0. The summed E-state index contributed by atoms with van der Waals surface area (Å²) in [6, 6.07) is 4.78. The Kier molecular flexibility index (Phi) is 0.504. The van der Waals surface area contributed by atoms with Gasteiger partial charge in [0.2, 0.25) is 0 Å². The molecule has 1 aromatic heterocycles. The van der Waals surface area contributed by atoms with Crippen LogP contribution in [0.15, 0.2) is 18.3 Å². The van der Waals surface area contributed by atoms with E-state index < -0.39 is 6.98 Å². The molecule has 0 spiro atoms. The summed E-state index contributed by atoms with van der Waals surface area (Å²) in [5, 5.41) is 8.45. The Morgan fingerprint density at radius 2 is 2.88 bits per heavy atom. The monoisotopic (exact) mass is 109 g/mol. The maximum absolute atomic E-state index is 8.45. The number of rotatable bonds is 0. The highest BCUT2D eigenvalue weighted by atomic mass is 14.9. The van der Waals surface area contributed by atoms with Gasteiger partial charge in [-0.05, 0) is 12.1 Å². The van der Waals surface area contributed by atoms with Crippen LogP contribution >= 0.6 is 0 Å². The van der Waals surface area contributed by atoms with Crippen molar-refractivity contribution in [2.24, 2.45) is 6.98 Å². The molecule has 0 radical (unpaired) electrons. The van der Waals surface area contributed by atoms with Crippen molar-refractivity contribution in [3.05, 3.63) is 24.0 Å². The van der Waals surface area contributed by atoms with E-state index in [4.69, 9.17) is 9.37 Å². The lowest BCUT2D eigenvalue weighted by Crippen LogP contribution is -1.86. The van der Waals surface area contributed by atoms with Crippen LogP contribution in [-0.4, -0.2) is 4.57 Å². The first-order valence-corrected chi connectivity index (χ1v) is 2.13. The molecule has 1 heterocycles. The summed E-state index contributed by atoms with van der Waals surface area (Å²) in [6.07, 6.45) is 1.37. The van der Waals surface area contributed by atoms with Gasteiger partial charge >= 0.3 is 0 Å². The van der Waals surface area contributed by atoms with Crippen LogP contribution in [0.5, 0.6) is 0 Å². The van der Waals surface area contributed by atoms with Crippen LogP contribution in [-0.2, 0) is 6.98 Å². The molecular formula is C6H6N2. The van der Waals surface area contributed by atoms with Gasteiger partial charge in [-0.3, -0.25) is 0 Å². The average molecular weight is 109 g/mol. The first-order valence-electron chi connectivity index (χ1n) is 3.63. The third kappa shape index (κ3) is 0.584. The Morgan fingerprint density at radius 1 is 2.00 bits per heavy atom. The molecule has 0 aliphatic heterocycles. The minimum Gasteiger partial charge on any atom is -0.343 e. The molecule has 0 fully saturated rings. The fraction of sp³-hybridized carbons (Fsp3) is 0.167. The smallest absolute Gasteiger partial charge is 0.119 e. The molecule has 1 aromatic rings. The number of hydrogen-bond donors (Lipinski definition) is 0. The fourth-order valence-corrected chi connectivity index (χ4v) is 0.472. The second-order valence-corrected chi connectivity index (χ2v) is 1.38. The number of aromatic nitrogens is 1. The predicted molar refractivity (Wildman–Crippen MR) is 30.1 cm³/mol. The van der Waals surface area contributed by atoms with Gasteiger partial charge in [-0.25, -0.2) is 0 Å². The molecule has 2 nitrogen and oxygen atoms in total. The molecule has 1 rings (SSSR count). The standard InChI is InChI=1S/C6H6N2/c1-8-4-2-3-6(8)5-7/h2-4H,1H3/i1D3. The van der Waals surface area contributed by atoms with Gasteiger partial charge in [0.25, 0.3) is 0 Å².